The van der Waals surface area contributed by atoms with Crippen molar-refractivity contribution in [2.75, 3.05) is 20.3 Å². The summed E-state index contributed by atoms with van der Waals surface area (Å²) in [6.45, 7) is 0.965. The lowest BCUT2D eigenvalue weighted by Crippen LogP contribution is -2.27. The van der Waals surface area contributed by atoms with Crippen LogP contribution in [0.15, 0.2) is 18.2 Å². The fourth-order valence-electron chi connectivity index (χ4n) is 0.956. The van der Waals surface area contributed by atoms with Crippen molar-refractivity contribution in [3.05, 3.63) is 34.9 Å². The van der Waals surface area contributed by atoms with Crippen molar-refractivity contribution in [3.63, 3.8) is 0 Å². The average molecular weight is 213 g/mol. The lowest BCUT2D eigenvalue weighted by molar-refractivity contribution is 0.0937. The number of rotatable bonds is 4. The molecule has 0 atom stereocenters. The van der Waals surface area contributed by atoms with Gasteiger partial charge in [-0.05, 0) is 18.2 Å². The molecule has 14 heavy (non-hydrogen) atoms. The number of carbonyl (C=O) groups is 1. The second-order valence-corrected chi connectivity index (χ2v) is 3.06. The molecule has 1 amide bonds. The third kappa shape index (κ3) is 3.01. The molecule has 0 unspecified atom stereocenters. The van der Waals surface area contributed by atoms with E-state index in [1.54, 1.807) is 25.3 Å². The topological polar surface area (TPSA) is 38.3 Å². The van der Waals surface area contributed by atoms with Crippen LogP contribution in [0.4, 0.5) is 0 Å². The lowest BCUT2D eigenvalue weighted by atomic mass is 10.2. The molecule has 1 aromatic rings. The first-order valence-corrected chi connectivity index (χ1v) is 4.56. The van der Waals surface area contributed by atoms with Gasteiger partial charge in [0, 0.05) is 13.7 Å². The highest BCUT2D eigenvalue weighted by Crippen LogP contribution is 2.13. The third-order valence-electron chi connectivity index (χ3n) is 1.65. The molecule has 0 heterocycles. The van der Waals surface area contributed by atoms with Crippen LogP contribution in [0.5, 0.6) is 0 Å². The maximum atomic E-state index is 11.5. The Morgan fingerprint density at radius 1 is 1.71 bits per heavy atom. The molecule has 0 aliphatic rings. The van der Waals surface area contributed by atoms with Gasteiger partial charge in [-0.25, -0.2) is 0 Å². The summed E-state index contributed by atoms with van der Waals surface area (Å²) in [5.41, 5.74) is 0.460. The van der Waals surface area contributed by atoms with Crippen molar-refractivity contribution >= 4 is 17.5 Å². The first kappa shape index (κ1) is 11.0. The molecule has 0 bridgehead atoms. The van der Waals surface area contributed by atoms with Gasteiger partial charge in [0.05, 0.1) is 17.2 Å². The third-order valence-corrected chi connectivity index (χ3v) is 1.96. The van der Waals surface area contributed by atoms with Crippen LogP contribution in [0.2, 0.25) is 5.02 Å². The van der Waals surface area contributed by atoms with Gasteiger partial charge in [0.1, 0.15) is 0 Å². The van der Waals surface area contributed by atoms with Gasteiger partial charge < -0.3 is 10.1 Å². The fourth-order valence-corrected chi connectivity index (χ4v) is 1.17. The molecule has 3 nitrogen and oxygen atoms in total. The quantitative estimate of drug-likeness (QED) is 0.769. The van der Waals surface area contributed by atoms with Crippen LogP contribution in [-0.4, -0.2) is 26.2 Å². The van der Waals surface area contributed by atoms with Crippen molar-refractivity contribution in [1.82, 2.24) is 5.32 Å². The number of halogens is 1. The molecule has 1 N–H and O–H groups in total. The van der Waals surface area contributed by atoms with Gasteiger partial charge in [-0.3, -0.25) is 4.79 Å². The molecule has 75 valence electrons. The molecule has 1 rings (SSSR count). The molecule has 1 aromatic carbocycles. The molecule has 0 spiro atoms. The zero-order valence-electron chi connectivity index (χ0n) is 7.84. The van der Waals surface area contributed by atoms with Gasteiger partial charge in [0.25, 0.3) is 5.91 Å². The molecular formula is C10H11ClNO2. The molecular weight excluding hydrogens is 202 g/mol. The number of hydrogen-bond acceptors (Lipinski definition) is 2. The maximum Gasteiger partial charge on any atom is 0.252 e. The number of ether oxygens (including phenoxy) is 1. The van der Waals surface area contributed by atoms with Gasteiger partial charge in [0.15, 0.2) is 0 Å². The Balaban J connectivity index is 2.56. The average Bonchev–Trinajstić information content (AvgIpc) is 2.18. The lowest BCUT2D eigenvalue weighted by Gasteiger charge is -2.05. The molecule has 0 aromatic heterocycles. The van der Waals surface area contributed by atoms with E-state index in [1.165, 1.54) is 0 Å². The molecule has 0 aliphatic heterocycles. The minimum absolute atomic E-state index is 0.193. The van der Waals surface area contributed by atoms with Crippen LogP contribution in [0.1, 0.15) is 10.4 Å². The molecule has 4 heteroatoms. The van der Waals surface area contributed by atoms with Crippen molar-refractivity contribution in [2.24, 2.45) is 0 Å². The predicted octanol–water partition coefficient (Wildman–Crippen LogP) is 1.52. The molecule has 1 radical (unpaired) electrons. The van der Waals surface area contributed by atoms with E-state index >= 15 is 0 Å². The molecule has 0 aliphatic carbocycles. The van der Waals surface area contributed by atoms with Gasteiger partial charge in [-0.15, -0.1) is 0 Å². The Hall–Kier alpha value is -1.06. The van der Waals surface area contributed by atoms with Gasteiger partial charge in [-0.1, -0.05) is 17.7 Å². The van der Waals surface area contributed by atoms with E-state index in [4.69, 9.17) is 16.3 Å². The van der Waals surface area contributed by atoms with E-state index in [1.807, 2.05) is 0 Å². The van der Waals surface area contributed by atoms with E-state index < -0.39 is 0 Å². The highest BCUT2D eigenvalue weighted by atomic mass is 35.5. The maximum absolute atomic E-state index is 11.5. The summed E-state index contributed by atoms with van der Waals surface area (Å²) in [6.07, 6.45) is 0. The Bertz CT molecular complexity index is 315. The first-order valence-electron chi connectivity index (χ1n) is 4.18. The normalized spacial score (nSPS) is 9.86. The number of benzene rings is 1. The van der Waals surface area contributed by atoms with Crippen molar-refractivity contribution in [1.29, 1.82) is 0 Å². The molecule has 0 fully saturated rings. The van der Waals surface area contributed by atoms with Gasteiger partial charge >= 0.3 is 0 Å². The van der Waals surface area contributed by atoms with Crippen LogP contribution in [0, 0.1) is 6.07 Å². The Kier molecular flexibility index (Phi) is 4.43. The summed E-state index contributed by atoms with van der Waals surface area (Å²) in [7, 11) is 1.58. The second kappa shape index (κ2) is 5.62. The van der Waals surface area contributed by atoms with E-state index in [-0.39, 0.29) is 5.91 Å². The molecule has 0 saturated heterocycles. The first-order chi connectivity index (χ1) is 6.75. The smallest absolute Gasteiger partial charge is 0.252 e. The van der Waals surface area contributed by atoms with Crippen LogP contribution < -0.4 is 5.32 Å². The second-order valence-electron chi connectivity index (χ2n) is 2.65. The summed E-state index contributed by atoms with van der Waals surface area (Å²) in [4.78, 5) is 11.5. The number of methoxy groups -OCH3 is 1. The summed E-state index contributed by atoms with van der Waals surface area (Å²) >= 11 is 5.81. The zero-order valence-corrected chi connectivity index (χ0v) is 8.60. The summed E-state index contributed by atoms with van der Waals surface area (Å²) in [5.74, 6) is -0.193. The van der Waals surface area contributed by atoms with Crippen LogP contribution >= 0.6 is 11.6 Å². The highest BCUT2D eigenvalue weighted by Gasteiger charge is 2.07. The zero-order chi connectivity index (χ0) is 10.4. The Morgan fingerprint density at radius 3 is 3.14 bits per heavy atom. The van der Waals surface area contributed by atoms with Crippen molar-refractivity contribution < 1.29 is 9.53 Å². The predicted molar refractivity (Wildman–Crippen MR) is 54.5 cm³/mol. The monoisotopic (exact) mass is 212 g/mol. The Labute approximate surface area is 88.0 Å². The van der Waals surface area contributed by atoms with E-state index in [2.05, 4.69) is 11.4 Å². The summed E-state index contributed by atoms with van der Waals surface area (Å²) < 4.78 is 4.80. The van der Waals surface area contributed by atoms with E-state index in [9.17, 15) is 4.79 Å². The van der Waals surface area contributed by atoms with Crippen LogP contribution in [0.3, 0.4) is 0 Å². The number of carbonyl (C=O) groups excluding carboxylic acids is 1. The SMILES string of the molecule is COCCNC(=O)c1cc[c]cc1Cl. The van der Waals surface area contributed by atoms with Gasteiger partial charge in [0.2, 0.25) is 0 Å². The van der Waals surface area contributed by atoms with Crippen LogP contribution in [0.25, 0.3) is 0 Å². The van der Waals surface area contributed by atoms with Crippen molar-refractivity contribution in [2.45, 2.75) is 0 Å². The van der Waals surface area contributed by atoms with Crippen molar-refractivity contribution in [3.8, 4) is 0 Å². The molecule has 0 saturated carbocycles. The Morgan fingerprint density at radius 2 is 2.50 bits per heavy atom. The fraction of sp³-hybridized carbons (Fsp3) is 0.300. The summed E-state index contributed by atoms with van der Waals surface area (Å²) in [6, 6.07) is 7.63. The van der Waals surface area contributed by atoms with Crippen LogP contribution in [-0.2, 0) is 4.74 Å². The minimum atomic E-state index is -0.193. The van der Waals surface area contributed by atoms with Gasteiger partial charge in [-0.2, -0.15) is 0 Å². The van der Waals surface area contributed by atoms with E-state index in [0.717, 1.165) is 0 Å². The number of nitrogens with one attached hydrogen (secondary N) is 1. The number of hydrogen-bond donors (Lipinski definition) is 1. The highest BCUT2D eigenvalue weighted by molar-refractivity contribution is 6.33. The largest absolute Gasteiger partial charge is 0.383 e. The summed E-state index contributed by atoms with van der Waals surface area (Å²) in [5, 5.41) is 3.08. The standard InChI is InChI=1S/C10H11ClNO2/c1-14-7-6-12-10(13)8-4-2-3-5-9(8)11/h2,4-5H,6-7H2,1H3,(H,12,13). The minimum Gasteiger partial charge on any atom is -0.383 e. The van der Waals surface area contributed by atoms with E-state index in [0.29, 0.717) is 23.7 Å². The number of amides is 1.